The van der Waals surface area contributed by atoms with Crippen LogP contribution in [0, 0.1) is 0 Å². The third kappa shape index (κ3) is 9.20. The van der Waals surface area contributed by atoms with E-state index in [0.29, 0.717) is 24.6 Å². The topological polar surface area (TPSA) is 71.9 Å². The number of pyridine rings is 2. The van der Waals surface area contributed by atoms with Crippen LogP contribution in [-0.2, 0) is 38.3 Å². The van der Waals surface area contributed by atoms with Crippen molar-refractivity contribution < 1.29 is 23.5 Å². The van der Waals surface area contributed by atoms with Gasteiger partial charge in [-0.3, -0.25) is 9.97 Å². The lowest BCUT2D eigenvalue weighted by atomic mass is 9.60. The molecule has 2 heterocycles. The van der Waals surface area contributed by atoms with E-state index >= 15 is 0 Å². The molecule has 0 saturated heterocycles. The Kier molecular flexibility index (Phi) is 13.1. The van der Waals surface area contributed by atoms with Gasteiger partial charge in [0, 0.05) is 12.4 Å². The zero-order valence-corrected chi connectivity index (χ0v) is 34.4. The van der Waals surface area contributed by atoms with Crippen LogP contribution in [0.3, 0.4) is 0 Å². The molecule has 7 nitrogen and oxygen atoms in total. The number of hydrogen-bond donors (Lipinski definition) is 0. The average molecular weight is 801 g/mol. The van der Waals surface area contributed by atoms with Crippen molar-refractivity contribution in [3.8, 4) is 33.8 Å². The molecule has 0 aliphatic rings. The number of methoxy groups -OCH3 is 2. The van der Waals surface area contributed by atoms with Gasteiger partial charge in [0.05, 0.1) is 38.8 Å². The molecule has 61 heavy (non-hydrogen) atoms. The van der Waals surface area contributed by atoms with Gasteiger partial charge in [0.2, 0.25) is 0 Å². The normalized spacial score (nSPS) is 13.0. The van der Waals surface area contributed by atoms with E-state index in [-0.39, 0.29) is 15.0 Å². The highest BCUT2D eigenvalue weighted by Gasteiger charge is 2.52. The predicted molar refractivity (Wildman–Crippen MR) is 245 cm³/mol. The molecule has 0 aliphatic carbocycles. The van der Waals surface area contributed by atoms with Crippen molar-refractivity contribution in [2.75, 3.05) is 14.2 Å². The van der Waals surface area contributed by atoms with Crippen LogP contribution in [0.25, 0.3) is 22.3 Å². The molecule has 8 aromatic rings. The minimum atomic E-state index is -1.36. The zero-order valence-electron chi connectivity index (χ0n) is 34.4. The molecule has 2 aromatic heterocycles. The first-order valence-corrected chi connectivity index (χ1v) is 20.4. The maximum absolute atomic E-state index is 8.23. The fourth-order valence-corrected chi connectivity index (χ4v) is 7.83. The Hall–Kier alpha value is -6.77. The largest absolute Gasteiger partial charge is 0.497 e. The first-order chi connectivity index (χ1) is 30.1. The number of benzene rings is 6. The van der Waals surface area contributed by atoms with Crippen LogP contribution in [0.2, 0.25) is 0 Å². The van der Waals surface area contributed by atoms with E-state index < -0.39 is 11.0 Å². The van der Waals surface area contributed by atoms with Crippen molar-refractivity contribution in [1.29, 1.82) is 0 Å². The van der Waals surface area contributed by atoms with Crippen molar-refractivity contribution >= 4 is 15.0 Å². The summed E-state index contributed by atoms with van der Waals surface area (Å²) < 4.78 is 33.0. The van der Waals surface area contributed by atoms with Crippen molar-refractivity contribution in [2.24, 2.45) is 0 Å². The summed E-state index contributed by atoms with van der Waals surface area (Å²) in [5, 5.41) is 0. The molecule has 0 N–H and O–H groups in total. The SMILES string of the molecule is COc1ccc(COBC(OC(BOCc2ccc(OC)cc2)(c2ccccn2)c2ccccc2-c2ccccc2)(c2ccccn2)c2ccccc2-c2ccccc2)cc1. The smallest absolute Gasteiger partial charge is 0.321 e. The standard InChI is InChI=1S/C52H46B2N2O5/c1-57-43-31-27-39(28-32-43)37-59-53-51(49-25-13-15-35-55-49,47-23-11-9-21-45(47)41-17-5-3-6-18-41)61-52(50-26-14-16-36-56-50,54-60-38-40-29-33-44(58-2)34-30-40)48-24-12-10-22-46(48)42-19-7-4-8-20-42/h3-36,53-54H,37-38H2,1-2H3. The summed E-state index contributed by atoms with van der Waals surface area (Å²) >= 11 is 0. The molecule has 8 rings (SSSR count). The number of ether oxygens (including phenoxy) is 3. The van der Waals surface area contributed by atoms with Crippen LogP contribution in [-0.4, -0.2) is 39.2 Å². The van der Waals surface area contributed by atoms with E-state index in [0.717, 1.165) is 56.0 Å². The molecule has 0 aliphatic heterocycles. The lowest BCUT2D eigenvalue weighted by Crippen LogP contribution is -2.51. The van der Waals surface area contributed by atoms with Crippen LogP contribution in [0.15, 0.2) is 207 Å². The monoisotopic (exact) mass is 800 g/mol. The summed E-state index contributed by atoms with van der Waals surface area (Å²) in [7, 11) is 3.50. The summed E-state index contributed by atoms with van der Waals surface area (Å²) in [5.41, 5.74) is 6.36. The highest BCUT2D eigenvalue weighted by molar-refractivity contribution is 6.36. The summed E-state index contributed by atoms with van der Waals surface area (Å²) in [6.45, 7) is 0.612. The summed E-state index contributed by atoms with van der Waals surface area (Å²) in [5.74, 6) is 1.55. The Morgan fingerprint density at radius 1 is 0.410 bits per heavy atom. The molecule has 0 amide bonds. The van der Waals surface area contributed by atoms with Crippen molar-refractivity contribution in [3.05, 3.63) is 240 Å². The fourth-order valence-electron chi connectivity index (χ4n) is 7.83. The first-order valence-electron chi connectivity index (χ1n) is 20.4. The molecule has 6 aromatic carbocycles. The maximum Gasteiger partial charge on any atom is 0.321 e. The van der Waals surface area contributed by atoms with Gasteiger partial charge in [-0.2, -0.15) is 0 Å². The molecule has 2 unspecified atom stereocenters. The van der Waals surface area contributed by atoms with E-state index in [9.17, 15) is 0 Å². The van der Waals surface area contributed by atoms with Gasteiger partial charge in [0.25, 0.3) is 0 Å². The number of aromatic nitrogens is 2. The molecule has 0 saturated carbocycles. The lowest BCUT2D eigenvalue weighted by molar-refractivity contribution is -0.0538. The molecule has 0 bridgehead atoms. The number of rotatable bonds is 18. The van der Waals surface area contributed by atoms with Gasteiger partial charge in [-0.25, -0.2) is 0 Å². The van der Waals surface area contributed by atoms with Crippen LogP contribution in [0.1, 0.15) is 33.6 Å². The van der Waals surface area contributed by atoms with Crippen molar-refractivity contribution in [3.63, 3.8) is 0 Å². The second kappa shape index (κ2) is 19.5. The van der Waals surface area contributed by atoms with Gasteiger partial charge in [-0.05, 0) is 93.0 Å². The minimum Gasteiger partial charge on any atom is -0.497 e. The third-order valence-electron chi connectivity index (χ3n) is 10.9. The summed E-state index contributed by atoms with van der Waals surface area (Å²) in [4.78, 5) is 10.2. The van der Waals surface area contributed by atoms with Crippen LogP contribution in [0.5, 0.6) is 11.5 Å². The van der Waals surface area contributed by atoms with Gasteiger partial charge in [0.15, 0.2) is 0 Å². The predicted octanol–water partition coefficient (Wildman–Crippen LogP) is 10.1. The Labute approximate surface area is 359 Å². The molecule has 9 heteroatoms. The van der Waals surface area contributed by atoms with Gasteiger partial charge >= 0.3 is 15.0 Å². The molecular weight excluding hydrogens is 754 g/mol. The van der Waals surface area contributed by atoms with Crippen molar-refractivity contribution in [2.45, 2.75) is 24.2 Å². The first kappa shape index (κ1) is 41.0. The molecule has 0 fully saturated rings. The van der Waals surface area contributed by atoms with Gasteiger partial charge < -0.3 is 23.5 Å². The number of hydrogen-bond acceptors (Lipinski definition) is 7. The Bertz CT molecular complexity index is 2410. The highest BCUT2D eigenvalue weighted by atomic mass is 16.6. The zero-order chi connectivity index (χ0) is 41.7. The second-order valence-corrected chi connectivity index (χ2v) is 14.7. The molecular formula is C52H46B2N2O5. The van der Waals surface area contributed by atoms with Crippen LogP contribution in [0.4, 0.5) is 0 Å². The maximum atomic E-state index is 8.23. The van der Waals surface area contributed by atoms with E-state index in [4.69, 9.17) is 33.5 Å². The Morgan fingerprint density at radius 3 is 1.16 bits per heavy atom. The number of nitrogens with zero attached hydrogens (tertiary/aromatic N) is 2. The third-order valence-corrected chi connectivity index (χ3v) is 10.9. The summed E-state index contributed by atoms with van der Waals surface area (Å²) in [6, 6.07) is 65.2. The fraction of sp³-hybridized carbons (Fsp3) is 0.115. The second-order valence-electron chi connectivity index (χ2n) is 14.7. The van der Waals surface area contributed by atoms with Crippen molar-refractivity contribution in [1.82, 2.24) is 9.97 Å². The quantitative estimate of drug-likeness (QED) is 0.0801. The van der Waals surface area contributed by atoms with Gasteiger partial charge in [-0.1, -0.05) is 146 Å². The molecule has 2 atom stereocenters. The summed E-state index contributed by atoms with van der Waals surface area (Å²) in [6.07, 6.45) is 3.62. The Balaban J connectivity index is 1.38. The van der Waals surface area contributed by atoms with Crippen LogP contribution >= 0.6 is 0 Å². The molecule has 300 valence electrons. The average Bonchev–Trinajstić information content (AvgIpc) is 3.35. The lowest BCUT2D eigenvalue weighted by Gasteiger charge is -2.44. The van der Waals surface area contributed by atoms with E-state index in [1.54, 1.807) is 14.2 Å². The van der Waals surface area contributed by atoms with E-state index in [1.807, 2.05) is 122 Å². The molecule has 0 radical (unpaired) electrons. The van der Waals surface area contributed by atoms with Gasteiger partial charge in [-0.15, -0.1) is 0 Å². The van der Waals surface area contributed by atoms with E-state index in [1.165, 1.54) is 0 Å². The molecule has 0 spiro atoms. The van der Waals surface area contributed by atoms with Crippen LogP contribution < -0.4 is 9.47 Å². The Morgan fingerprint density at radius 2 is 0.787 bits per heavy atom. The van der Waals surface area contributed by atoms with E-state index in [2.05, 4.69) is 84.9 Å². The van der Waals surface area contributed by atoms with Gasteiger partial charge in [0.1, 0.15) is 22.5 Å². The minimum absolute atomic E-state index is 0.0838. The highest BCUT2D eigenvalue weighted by Crippen LogP contribution is 2.48.